The fourth-order valence-electron chi connectivity index (χ4n) is 3.28. The number of nitrogens with zero attached hydrogens (tertiary/aromatic N) is 2. The second kappa shape index (κ2) is 8.00. The average Bonchev–Trinajstić information content (AvgIpc) is 3.00. The Balaban J connectivity index is 1.66. The first kappa shape index (κ1) is 19.9. The third kappa shape index (κ3) is 4.34. The van der Waals surface area contributed by atoms with E-state index in [-0.39, 0.29) is 29.0 Å². The number of halogens is 1. The van der Waals surface area contributed by atoms with Crippen LogP contribution in [-0.2, 0) is 21.4 Å². The number of rotatable bonds is 5. The van der Waals surface area contributed by atoms with Crippen LogP contribution in [0.5, 0.6) is 0 Å². The number of carbonyl (C=O) groups is 1. The molecule has 0 radical (unpaired) electrons. The number of amides is 1. The molecule has 1 aliphatic heterocycles. The summed E-state index contributed by atoms with van der Waals surface area (Å²) in [5.74, 6) is -0.272. The monoisotopic (exact) mass is 411 g/mol. The highest BCUT2D eigenvalue weighted by atomic mass is 35.5. The largest absolute Gasteiger partial charge is 0.360 e. The van der Waals surface area contributed by atoms with Gasteiger partial charge in [0, 0.05) is 24.7 Å². The van der Waals surface area contributed by atoms with Gasteiger partial charge in [-0.3, -0.25) is 4.79 Å². The number of hydrogen-bond acceptors (Lipinski definition) is 5. The summed E-state index contributed by atoms with van der Waals surface area (Å²) in [4.78, 5) is 12.6. The van der Waals surface area contributed by atoms with E-state index in [0.717, 1.165) is 5.56 Å². The van der Waals surface area contributed by atoms with Crippen LogP contribution in [0.25, 0.3) is 0 Å². The van der Waals surface area contributed by atoms with Crippen LogP contribution in [-0.4, -0.2) is 36.9 Å². The topological polar surface area (TPSA) is 92.5 Å². The number of aryl methyl sites for hydroxylation is 2. The molecule has 1 aromatic carbocycles. The molecular weight excluding hydrogens is 390 g/mol. The van der Waals surface area contributed by atoms with Gasteiger partial charge in [-0.1, -0.05) is 28.9 Å². The number of sulfonamides is 1. The fraction of sp³-hybridized carbons (Fsp3) is 0.444. The van der Waals surface area contributed by atoms with Crippen molar-refractivity contribution in [1.82, 2.24) is 14.8 Å². The number of hydrogen-bond donors (Lipinski definition) is 1. The zero-order valence-electron chi connectivity index (χ0n) is 15.2. The Morgan fingerprint density at radius 1 is 1.33 bits per heavy atom. The van der Waals surface area contributed by atoms with Crippen LogP contribution in [0.3, 0.4) is 0 Å². The van der Waals surface area contributed by atoms with Crippen molar-refractivity contribution >= 4 is 27.5 Å². The van der Waals surface area contributed by atoms with E-state index < -0.39 is 10.0 Å². The first-order valence-electron chi connectivity index (χ1n) is 8.74. The lowest BCUT2D eigenvalue weighted by atomic mass is 9.99. The fourth-order valence-corrected chi connectivity index (χ4v) is 5.22. The number of piperidine rings is 1. The van der Waals surface area contributed by atoms with Crippen molar-refractivity contribution in [1.29, 1.82) is 0 Å². The lowest BCUT2D eigenvalue weighted by Gasteiger charge is -2.31. The van der Waals surface area contributed by atoms with Gasteiger partial charge in [-0.05, 0) is 44.4 Å². The Morgan fingerprint density at radius 2 is 2.04 bits per heavy atom. The molecule has 2 aromatic rings. The quantitative estimate of drug-likeness (QED) is 0.816. The summed E-state index contributed by atoms with van der Waals surface area (Å²) in [5.41, 5.74) is 1.27. The molecular formula is C18H22ClN3O4S. The van der Waals surface area contributed by atoms with Gasteiger partial charge in [0.15, 0.2) is 5.76 Å². The molecule has 1 fully saturated rings. The Kier molecular flexibility index (Phi) is 5.88. The van der Waals surface area contributed by atoms with Crippen LogP contribution in [0.1, 0.15) is 29.9 Å². The van der Waals surface area contributed by atoms with Gasteiger partial charge in [0.25, 0.3) is 0 Å². The normalized spacial score (nSPS) is 18.4. The highest BCUT2D eigenvalue weighted by Crippen LogP contribution is 2.27. The van der Waals surface area contributed by atoms with Crippen LogP contribution < -0.4 is 5.32 Å². The van der Waals surface area contributed by atoms with Crippen molar-refractivity contribution in [3.8, 4) is 0 Å². The molecule has 1 aromatic heterocycles. The summed E-state index contributed by atoms with van der Waals surface area (Å²) in [6.45, 7) is 4.09. The molecule has 146 valence electrons. The molecule has 0 bridgehead atoms. The maximum Gasteiger partial charge on any atom is 0.248 e. The van der Waals surface area contributed by atoms with Crippen LogP contribution in [0.4, 0.5) is 0 Å². The van der Waals surface area contributed by atoms with Gasteiger partial charge in [0.1, 0.15) is 10.6 Å². The van der Waals surface area contributed by atoms with E-state index >= 15 is 0 Å². The molecule has 27 heavy (non-hydrogen) atoms. The first-order valence-corrected chi connectivity index (χ1v) is 10.6. The van der Waals surface area contributed by atoms with E-state index in [9.17, 15) is 13.2 Å². The Hall–Kier alpha value is -1.90. The lowest BCUT2D eigenvalue weighted by molar-refractivity contribution is -0.126. The Morgan fingerprint density at radius 3 is 2.67 bits per heavy atom. The smallest absolute Gasteiger partial charge is 0.248 e. The predicted molar refractivity (Wildman–Crippen MR) is 101 cm³/mol. The van der Waals surface area contributed by atoms with Gasteiger partial charge in [0.05, 0.1) is 5.92 Å². The summed E-state index contributed by atoms with van der Waals surface area (Å²) in [7, 11) is -3.74. The zero-order chi connectivity index (χ0) is 19.6. The lowest BCUT2D eigenvalue weighted by Crippen LogP contribution is -2.45. The summed E-state index contributed by atoms with van der Waals surface area (Å²) in [6.07, 6.45) is 1.28. The van der Waals surface area contributed by atoms with Gasteiger partial charge in [-0.25, -0.2) is 8.42 Å². The van der Waals surface area contributed by atoms with E-state index in [0.29, 0.717) is 36.6 Å². The predicted octanol–water partition coefficient (Wildman–Crippen LogP) is 2.66. The van der Waals surface area contributed by atoms with Crippen LogP contribution in [0, 0.1) is 19.8 Å². The van der Waals surface area contributed by atoms with Crippen molar-refractivity contribution in [2.24, 2.45) is 5.92 Å². The zero-order valence-corrected chi connectivity index (χ0v) is 16.8. The number of carbonyl (C=O) groups excluding carboxylic acids is 1. The molecule has 9 heteroatoms. The molecule has 1 atom stereocenters. The van der Waals surface area contributed by atoms with E-state index in [1.54, 1.807) is 26.0 Å². The van der Waals surface area contributed by atoms with Crippen molar-refractivity contribution in [2.75, 3.05) is 13.1 Å². The molecule has 1 N–H and O–H groups in total. The molecule has 1 saturated heterocycles. The number of nitrogens with one attached hydrogen (secondary N) is 1. The molecule has 0 saturated carbocycles. The van der Waals surface area contributed by atoms with Crippen molar-refractivity contribution in [3.63, 3.8) is 0 Å². The number of benzene rings is 1. The van der Waals surface area contributed by atoms with E-state index in [1.165, 1.54) is 4.31 Å². The maximum atomic E-state index is 13.0. The molecule has 1 aliphatic rings. The highest BCUT2D eigenvalue weighted by Gasteiger charge is 2.36. The summed E-state index contributed by atoms with van der Waals surface area (Å²) >= 11 is 5.86. The maximum absolute atomic E-state index is 13.0. The minimum atomic E-state index is -3.74. The van der Waals surface area contributed by atoms with Crippen molar-refractivity contribution in [3.05, 3.63) is 46.3 Å². The first-order chi connectivity index (χ1) is 12.8. The SMILES string of the molecule is Cc1noc(C)c1S(=O)(=O)N1CCCC(C(=O)NCc2ccc(Cl)cc2)C1. The highest BCUT2D eigenvalue weighted by molar-refractivity contribution is 7.89. The van der Waals surface area contributed by atoms with Crippen LogP contribution in [0.15, 0.2) is 33.7 Å². The molecule has 1 unspecified atom stereocenters. The Bertz CT molecular complexity index is 905. The molecule has 0 spiro atoms. The average molecular weight is 412 g/mol. The standard InChI is InChI=1S/C18H22ClN3O4S/c1-12-17(13(2)26-21-12)27(24,25)22-9-3-4-15(11-22)18(23)20-10-14-5-7-16(19)8-6-14/h5-8,15H,3-4,9-11H2,1-2H3,(H,20,23). The van der Waals surface area contributed by atoms with Crippen molar-refractivity contribution in [2.45, 2.75) is 38.1 Å². The minimum absolute atomic E-state index is 0.102. The van der Waals surface area contributed by atoms with Gasteiger partial charge in [0.2, 0.25) is 15.9 Å². The summed E-state index contributed by atoms with van der Waals surface area (Å²) < 4.78 is 32.3. The molecule has 3 rings (SSSR count). The molecule has 1 amide bonds. The van der Waals surface area contributed by atoms with Gasteiger partial charge in [-0.2, -0.15) is 4.31 Å². The summed E-state index contributed by atoms with van der Waals surface area (Å²) in [5, 5.41) is 7.25. The minimum Gasteiger partial charge on any atom is -0.360 e. The van der Waals surface area contributed by atoms with Crippen LogP contribution >= 0.6 is 11.6 Å². The third-order valence-electron chi connectivity index (χ3n) is 4.70. The molecule has 7 nitrogen and oxygen atoms in total. The molecule has 0 aliphatic carbocycles. The summed E-state index contributed by atoms with van der Waals surface area (Å²) in [6, 6.07) is 7.22. The Labute approximate surface area is 163 Å². The number of aromatic nitrogens is 1. The second-order valence-corrected chi connectivity index (χ2v) is 9.01. The molecule has 2 heterocycles. The van der Waals surface area contributed by atoms with Gasteiger partial charge < -0.3 is 9.84 Å². The van der Waals surface area contributed by atoms with E-state index in [1.807, 2.05) is 12.1 Å². The van der Waals surface area contributed by atoms with Gasteiger partial charge >= 0.3 is 0 Å². The second-order valence-electron chi connectivity index (χ2n) is 6.70. The van der Waals surface area contributed by atoms with E-state index in [2.05, 4.69) is 10.5 Å². The van der Waals surface area contributed by atoms with Crippen LogP contribution in [0.2, 0.25) is 5.02 Å². The van der Waals surface area contributed by atoms with Crippen molar-refractivity contribution < 1.29 is 17.7 Å². The van der Waals surface area contributed by atoms with E-state index in [4.69, 9.17) is 16.1 Å². The van der Waals surface area contributed by atoms with Gasteiger partial charge in [-0.15, -0.1) is 0 Å². The third-order valence-corrected chi connectivity index (χ3v) is 7.06.